The van der Waals surface area contributed by atoms with Crippen LogP contribution in [0, 0.1) is 11.8 Å². The van der Waals surface area contributed by atoms with E-state index in [0.717, 1.165) is 12.0 Å². The van der Waals surface area contributed by atoms with Gasteiger partial charge in [-0.3, -0.25) is 14.4 Å². The summed E-state index contributed by atoms with van der Waals surface area (Å²) >= 11 is 0. The third-order valence-corrected chi connectivity index (χ3v) is 5.36. The van der Waals surface area contributed by atoms with Crippen LogP contribution in [0.1, 0.15) is 78.9 Å². The smallest absolute Gasteiger partial charge is 0.317 e. The monoisotopic (exact) mass is 432 g/mol. The molecular formula is C25H36O6. The minimum Gasteiger partial charge on any atom is -0.460 e. The van der Waals surface area contributed by atoms with Crippen molar-refractivity contribution in [1.82, 2.24) is 0 Å². The van der Waals surface area contributed by atoms with E-state index in [1.807, 2.05) is 31.2 Å². The van der Waals surface area contributed by atoms with Crippen molar-refractivity contribution in [1.29, 1.82) is 0 Å². The van der Waals surface area contributed by atoms with Crippen molar-refractivity contribution in [3.63, 3.8) is 0 Å². The van der Waals surface area contributed by atoms with Gasteiger partial charge in [0.25, 0.3) is 0 Å². The van der Waals surface area contributed by atoms with Crippen molar-refractivity contribution >= 4 is 17.7 Å². The highest BCUT2D eigenvalue weighted by Gasteiger charge is 2.57. The number of Topliss-reactive ketones (excluding diaryl/α,β-unsaturated/α-hetero) is 1. The van der Waals surface area contributed by atoms with Gasteiger partial charge in [-0.25, -0.2) is 0 Å². The van der Waals surface area contributed by atoms with E-state index in [4.69, 9.17) is 9.47 Å². The van der Waals surface area contributed by atoms with E-state index in [9.17, 15) is 19.5 Å². The minimum atomic E-state index is -1.66. The molecule has 0 bridgehead atoms. The summed E-state index contributed by atoms with van der Waals surface area (Å²) < 4.78 is 11.2. The fraction of sp³-hybridized carbons (Fsp3) is 0.640. The van der Waals surface area contributed by atoms with E-state index in [-0.39, 0.29) is 6.42 Å². The maximum absolute atomic E-state index is 13.3. The van der Waals surface area contributed by atoms with Crippen LogP contribution < -0.4 is 0 Å². The van der Waals surface area contributed by atoms with Gasteiger partial charge in [0.05, 0.1) is 11.5 Å². The first-order valence-corrected chi connectivity index (χ1v) is 10.9. The first-order chi connectivity index (χ1) is 14.1. The van der Waals surface area contributed by atoms with Gasteiger partial charge in [-0.15, -0.1) is 0 Å². The minimum absolute atomic E-state index is 0.329. The van der Waals surface area contributed by atoms with E-state index in [1.165, 1.54) is 6.92 Å². The van der Waals surface area contributed by atoms with Crippen molar-refractivity contribution in [2.45, 2.75) is 91.0 Å². The zero-order valence-corrected chi connectivity index (χ0v) is 19.9. The molecule has 1 aromatic rings. The average Bonchev–Trinajstić information content (AvgIpc) is 2.56. The molecule has 6 nitrogen and oxygen atoms in total. The SMILES string of the molecule is CCc1ccc([C@H]2[C@@H](C(=O)OC(C)(C)C)C(=O)C[C@@](C)(O)[C@@H]2C(=O)OC(C)(C)C)cc1. The van der Waals surface area contributed by atoms with Crippen LogP contribution in [0.25, 0.3) is 0 Å². The summed E-state index contributed by atoms with van der Waals surface area (Å²) in [6.07, 6.45) is 0.497. The number of hydrogen-bond donors (Lipinski definition) is 1. The Hall–Kier alpha value is -2.21. The van der Waals surface area contributed by atoms with Gasteiger partial charge in [-0.1, -0.05) is 31.2 Å². The van der Waals surface area contributed by atoms with Crippen molar-refractivity contribution in [2.75, 3.05) is 0 Å². The Morgan fingerprint density at radius 1 is 1.00 bits per heavy atom. The van der Waals surface area contributed by atoms with Gasteiger partial charge < -0.3 is 14.6 Å². The summed E-state index contributed by atoms with van der Waals surface area (Å²) in [5.74, 6) is -4.97. The molecule has 2 rings (SSSR count). The second-order valence-corrected chi connectivity index (χ2v) is 10.6. The number of benzene rings is 1. The standard InChI is InChI=1S/C25H36O6/c1-9-15-10-12-16(13-11-15)18-19(21(27)30-23(2,3)4)17(26)14-25(8,29)20(18)22(28)31-24(5,6)7/h10-13,18-20,29H,9,14H2,1-8H3/t18-,19-,20-,25+/m0/s1. The lowest BCUT2D eigenvalue weighted by atomic mass is 9.61. The first-order valence-electron chi connectivity index (χ1n) is 10.9. The Kier molecular flexibility index (Phi) is 7.06. The van der Waals surface area contributed by atoms with Crippen LogP contribution >= 0.6 is 0 Å². The molecule has 0 amide bonds. The summed E-state index contributed by atoms with van der Waals surface area (Å²) in [7, 11) is 0. The zero-order chi connectivity index (χ0) is 23.8. The lowest BCUT2D eigenvalue weighted by Crippen LogP contribution is -2.56. The van der Waals surface area contributed by atoms with E-state index >= 15 is 0 Å². The Bertz CT molecular complexity index is 823. The highest BCUT2D eigenvalue weighted by atomic mass is 16.6. The van der Waals surface area contributed by atoms with Gasteiger partial charge in [0, 0.05) is 12.3 Å². The van der Waals surface area contributed by atoms with E-state index in [0.29, 0.717) is 5.56 Å². The largest absolute Gasteiger partial charge is 0.460 e. The molecule has 0 heterocycles. The van der Waals surface area contributed by atoms with Crippen molar-refractivity contribution in [3.05, 3.63) is 35.4 Å². The summed E-state index contributed by atoms with van der Waals surface area (Å²) in [5, 5.41) is 11.2. The average molecular weight is 433 g/mol. The van der Waals surface area contributed by atoms with Crippen molar-refractivity contribution in [3.8, 4) is 0 Å². The molecule has 1 fully saturated rings. The predicted molar refractivity (Wildman–Crippen MR) is 117 cm³/mol. The van der Waals surface area contributed by atoms with Crippen LogP contribution in [-0.4, -0.2) is 39.6 Å². The number of aliphatic hydroxyl groups is 1. The third-order valence-electron chi connectivity index (χ3n) is 5.36. The molecule has 6 heteroatoms. The maximum atomic E-state index is 13.3. The molecule has 0 radical (unpaired) electrons. The molecular weight excluding hydrogens is 396 g/mol. The van der Waals surface area contributed by atoms with Gasteiger partial charge in [0.2, 0.25) is 0 Å². The molecule has 1 saturated carbocycles. The second-order valence-electron chi connectivity index (χ2n) is 10.6. The van der Waals surface area contributed by atoms with Crippen molar-refractivity contribution < 1.29 is 29.0 Å². The Morgan fingerprint density at radius 3 is 1.94 bits per heavy atom. The van der Waals surface area contributed by atoms with Gasteiger partial charge in [0.15, 0.2) is 5.78 Å². The molecule has 4 atom stereocenters. The molecule has 0 saturated heterocycles. The molecule has 1 aliphatic rings. The predicted octanol–water partition coefficient (Wildman–Crippen LogP) is 3.97. The van der Waals surface area contributed by atoms with Gasteiger partial charge in [0.1, 0.15) is 17.1 Å². The number of ether oxygens (including phenoxy) is 2. The molecule has 1 aliphatic carbocycles. The summed E-state index contributed by atoms with van der Waals surface area (Å²) in [5.41, 5.74) is -1.54. The van der Waals surface area contributed by atoms with Crippen LogP contribution in [0.4, 0.5) is 0 Å². The Morgan fingerprint density at radius 2 is 1.48 bits per heavy atom. The molecule has 31 heavy (non-hydrogen) atoms. The first kappa shape index (κ1) is 25.1. The van der Waals surface area contributed by atoms with E-state index in [2.05, 4.69) is 0 Å². The topological polar surface area (TPSA) is 89.9 Å². The molecule has 0 spiro atoms. The van der Waals surface area contributed by atoms with Crippen LogP contribution in [0.3, 0.4) is 0 Å². The van der Waals surface area contributed by atoms with Crippen LogP contribution in [0.15, 0.2) is 24.3 Å². The number of hydrogen-bond acceptors (Lipinski definition) is 6. The van der Waals surface area contributed by atoms with E-state index in [1.54, 1.807) is 41.5 Å². The zero-order valence-electron chi connectivity index (χ0n) is 19.9. The lowest BCUT2D eigenvalue weighted by molar-refractivity contribution is -0.182. The third kappa shape index (κ3) is 6.16. The molecule has 0 aromatic heterocycles. The quantitative estimate of drug-likeness (QED) is 0.572. The Balaban J connectivity index is 2.63. The molecule has 172 valence electrons. The van der Waals surface area contributed by atoms with Crippen molar-refractivity contribution in [2.24, 2.45) is 11.8 Å². The molecule has 1 aromatic carbocycles. The van der Waals surface area contributed by atoms with E-state index < -0.39 is 52.3 Å². The number of carbonyl (C=O) groups is 3. The number of carbonyl (C=O) groups excluding carboxylic acids is 3. The lowest BCUT2D eigenvalue weighted by Gasteiger charge is -2.44. The number of esters is 2. The summed E-state index contributed by atoms with van der Waals surface area (Å²) in [6, 6.07) is 7.43. The van der Waals surface area contributed by atoms with Gasteiger partial charge >= 0.3 is 11.9 Å². The molecule has 0 unspecified atom stereocenters. The van der Waals surface area contributed by atoms with Crippen LogP contribution in [-0.2, 0) is 30.3 Å². The highest BCUT2D eigenvalue weighted by Crippen LogP contribution is 2.47. The van der Waals surface area contributed by atoms with Gasteiger partial charge in [-0.05, 0) is 66.0 Å². The maximum Gasteiger partial charge on any atom is 0.317 e. The fourth-order valence-corrected chi connectivity index (χ4v) is 4.12. The van der Waals surface area contributed by atoms with Crippen LogP contribution in [0.2, 0.25) is 0 Å². The molecule has 0 aliphatic heterocycles. The second kappa shape index (κ2) is 8.73. The summed E-state index contributed by atoms with van der Waals surface area (Å²) in [6.45, 7) is 13.9. The van der Waals surface area contributed by atoms with Crippen LogP contribution in [0.5, 0.6) is 0 Å². The number of rotatable bonds is 4. The normalized spacial score (nSPS) is 27.0. The van der Waals surface area contributed by atoms with Gasteiger partial charge in [-0.2, -0.15) is 0 Å². The molecule has 1 N–H and O–H groups in total. The number of aryl methyl sites for hydroxylation is 1. The number of ketones is 1. The Labute approximate surface area is 185 Å². The highest BCUT2D eigenvalue weighted by molar-refractivity contribution is 6.03. The fourth-order valence-electron chi connectivity index (χ4n) is 4.12. The summed E-state index contributed by atoms with van der Waals surface area (Å²) in [4.78, 5) is 39.5.